The van der Waals surface area contributed by atoms with Crippen molar-refractivity contribution in [3.05, 3.63) is 29.8 Å². The van der Waals surface area contributed by atoms with Crippen LogP contribution in [0, 0.1) is 5.92 Å². The molecule has 1 aliphatic rings. The standard InChI is InChI=1S/C14H17F2NO3/c15-14(16)20-12-4-2-1-3-11(12)8-17(9-13(18)19)7-10-5-6-10/h1-4,10,14H,5-9H2,(H,18,19). The Bertz CT molecular complexity index is 463. The van der Waals surface area contributed by atoms with E-state index in [-0.39, 0.29) is 12.3 Å². The van der Waals surface area contributed by atoms with Gasteiger partial charge < -0.3 is 9.84 Å². The van der Waals surface area contributed by atoms with E-state index >= 15 is 0 Å². The maximum atomic E-state index is 12.3. The minimum Gasteiger partial charge on any atom is -0.480 e. The van der Waals surface area contributed by atoms with Gasteiger partial charge in [0.1, 0.15) is 5.75 Å². The number of alkyl halides is 2. The molecule has 1 fully saturated rings. The molecule has 0 aromatic heterocycles. The van der Waals surface area contributed by atoms with E-state index in [1.54, 1.807) is 23.1 Å². The van der Waals surface area contributed by atoms with Crippen LogP contribution >= 0.6 is 0 Å². The number of rotatable bonds is 8. The molecule has 1 N–H and O–H groups in total. The van der Waals surface area contributed by atoms with Crippen LogP contribution in [0.15, 0.2) is 24.3 Å². The zero-order valence-electron chi connectivity index (χ0n) is 11.0. The Hall–Kier alpha value is -1.69. The molecule has 20 heavy (non-hydrogen) atoms. The molecule has 0 aliphatic heterocycles. The lowest BCUT2D eigenvalue weighted by Gasteiger charge is -2.21. The van der Waals surface area contributed by atoms with Crippen LogP contribution < -0.4 is 4.74 Å². The van der Waals surface area contributed by atoms with E-state index in [2.05, 4.69) is 4.74 Å². The number of carboxylic acids is 1. The number of para-hydroxylation sites is 1. The third-order valence-corrected chi connectivity index (χ3v) is 3.15. The number of carbonyl (C=O) groups is 1. The number of benzene rings is 1. The first kappa shape index (κ1) is 14.7. The predicted octanol–water partition coefficient (Wildman–Crippen LogP) is 2.58. The van der Waals surface area contributed by atoms with Crippen LogP contribution in [0.25, 0.3) is 0 Å². The number of nitrogens with zero attached hydrogens (tertiary/aromatic N) is 1. The first-order valence-electron chi connectivity index (χ1n) is 6.51. The van der Waals surface area contributed by atoms with Crippen LogP contribution in [0.2, 0.25) is 0 Å². The van der Waals surface area contributed by atoms with Crippen molar-refractivity contribution in [2.75, 3.05) is 13.1 Å². The topological polar surface area (TPSA) is 49.8 Å². The SMILES string of the molecule is O=C(O)CN(Cc1ccccc1OC(F)F)CC1CC1. The fraction of sp³-hybridized carbons (Fsp3) is 0.500. The third kappa shape index (κ3) is 4.77. The first-order valence-corrected chi connectivity index (χ1v) is 6.51. The minimum atomic E-state index is -2.88. The molecule has 1 saturated carbocycles. The molecule has 0 amide bonds. The van der Waals surface area contributed by atoms with E-state index in [9.17, 15) is 13.6 Å². The van der Waals surface area contributed by atoms with E-state index in [0.29, 0.717) is 24.6 Å². The van der Waals surface area contributed by atoms with Gasteiger partial charge in [0, 0.05) is 18.7 Å². The highest BCUT2D eigenvalue weighted by Crippen LogP contribution is 2.31. The van der Waals surface area contributed by atoms with Gasteiger partial charge in [-0.15, -0.1) is 0 Å². The molecule has 0 spiro atoms. The fourth-order valence-corrected chi connectivity index (χ4v) is 2.13. The van der Waals surface area contributed by atoms with Crippen molar-refractivity contribution >= 4 is 5.97 Å². The maximum absolute atomic E-state index is 12.3. The summed E-state index contributed by atoms with van der Waals surface area (Å²) in [6.07, 6.45) is 2.20. The Morgan fingerprint density at radius 1 is 1.40 bits per heavy atom. The van der Waals surface area contributed by atoms with E-state index < -0.39 is 12.6 Å². The van der Waals surface area contributed by atoms with Crippen molar-refractivity contribution < 1.29 is 23.4 Å². The summed E-state index contributed by atoms with van der Waals surface area (Å²) >= 11 is 0. The maximum Gasteiger partial charge on any atom is 0.387 e. The van der Waals surface area contributed by atoms with Crippen molar-refractivity contribution in [2.45, 2.75) is 26.0 Å². The van der Waals surface area contributed by atoms with Gasteiger partial charge in [0.25, 0.3) is 0 Å². The van der Waals surface area contributed by atoms with Gasteiger partial charge in [0.2, 0.25) is 0 Å². The zero-order valence-corrected chi connectivity index (χ0v) is 11.0. The van der Waals surface area contributed by atoms with Crippen molar-refractivity contribution in [3.8, 4) is 5.75 Å². The summed E-state index contributed by atoms with van der Waals surface area (Å²) in [5, 5.41) is 8.92. The molecule has 4 nitrogen and oxygen atoms in total. The number of hydrogen-bond acceptors (Lipinski definition) is 3. The van der Waals surface area contributed by atoms with E-state index in [0.717, 1.165) is 12.8 Å². The number of ether oxygens (including phenoxy) is 1. The third-order valence-electron chi connectivity index (χ3n) is 3.15. The molecule has 0 bridgehead atoms. The summed E-state index contributed by atoms with van der Waals surface area (Å²) < 4.78 is 29.1. The Kier molecular flexibility index (Phi) is 4.89. The lowest BCUT2D eigenvalue weighted by molar-refractivity contribution is -0.138. The lowest BCUT2D eigenvalue weighted by Crippen LogP contribution is -2.31. The Balaban J connectivity index is 2.05. The van der Waals surface area contributed by atoms with Crippen molar-refractivity contribution in [1.29, 1.82) is 0 Å². The number of halogens is 2. The predicted molar refractivity (Wildman–Crippen MR) is 68.7 cm³/mol. The molecule has 6 heteroatoms. The summed E-state index contributed by atoms with van der Waals surface area (Å²) in [5.41, 5.74) is 0.578. The van der Waals surface area contributed by atoms with Gasteiger partial charge in [-0.05, 0) is 24.8 Å². The Morgan fingerprint density at radius 2 is 2.10 bits per heavy atom. The molecule has 0 heterocycles. The second-order valence-corrected chi connectivity index (χ2v) is 4.99. The molecule has 110 valence electrons. The first-order chi connectivity index (χ1) is 9.54. The number of hydrogen-bond donors (Lipinski definition) is 1. The van der Waals surface area contributed by atoms with Crippen molar-refractivity contribution in [2.24, 2.45) is 5.92 Å². The molecule has 0 unspecified atom stereocenters. The normalized spacial score (nSPS) is 14.8. The van der Waals surface area contributed by atoms with Crippen LogP contribution in [0.3, 0.4) is 0 Å². The van der Waals surface area contributed by atoms with Gasteiger partial charge in [-0.3, -0.25) is 9.69 Å². The average Bonchev–Trinajstić information content (AvgIpc) is 3.14. The van der Waals surface area contributed by atoms with Gasteiger partial charge in [0.15, 0.2) is 0 Å². The van der Waals surface area contributed by atoms with Gasteiger partial charge >= 0.3 is 12.6 Å². The second-order valence-electron chi connectivity index (χ2n) is 4.99. The van der Waals surface area contributed by atoms with Crippen LogP contribution in [0.4, 0.5) is 8.78 Å². The Morgan fingerprint density at radius 3 is 2.70 bits per heavy atom. The van der Waals surface area contributed by atoms with E-state index in [1.807, 2.05) is 0 Å². The monoisotopic (exact) mass is 285 g/mol. The zero-order chi connectivity index (χ0) is 14.5. The molecule has 0 radical (unpaired) electrons. The van der Waals surface area contributed by atoms with Gasteiger partial charge in [-0.1, -0.05) is 18.2 Å². The minimum absolute atomic E-state index is 0.0977. The highest BCUT2D eigenvalue weighted by Gasteiger charge is 2.25. The molecular formula is C14H17F2NO3. The molecular weight excluding hydrogens is 268 g/mol. The van der Waals surface area contributed by atoms with Crippen LogP contribution in [0.1, 0.15) is 18.4 Å². The highest BCUT2D eigenvalue weighted by molar-refractivity contribution is 5.69. The molecule has 1 aliphatic carbocycles. The lowest BCUT2D eigenvalue weighted by atomic mass is 10.2. The molecule has 0 saturated heterocycles. The summed E-state index contributed by atoms with van der Waals surface area (Å²) in [6.45, 7) is -2.01. The van der Waals surface area contributed by atoms with Gasteiger partial charge in [0.05, 0.1) is 6.54 Å². The number of carboxylic acid groups (broad SMARTS) is 1. The molecule has 1 aromatic rings. The summed E-state index contributed by atoms with van der Waals surface area (Å²) in [4.78, 5) is 12.6. The van der Waals surface area contributed by atoms with Crippen molar-refractivity contribution in [1.82, 2.24) is 4.90 Å². The average molecular weight is 285 g/mol. The van der Waals surface area contributed by atoms with E-state index in [1.165, 1.54) is 6.07 Å². The summed E-state index contributed by atoms with van der Waals surface area (Å²) in [5.74, 6) is -0.288. The number of aliphatic carboxylic acids is 1. The highest BCUT2D eigenvalue weighted by atomic mass is 19.3. The van der Waals surface area contributed by atoms with Crippen molar-refractivity contribution in [3.63, 3.8) is 0 Å². The molecule has 0 atom stereocenters. The molecule has 2 rings (SSSR count). The van der Waals surface area contributed by atoms with Gasteiger partial charge in [-0.25, -0.2) is 0 Å². The van der Waals surface area contributed by atoms with Gasteiger partial charge in [-0.2, -0.15) is 8.78 Å². The van der Waals surface area contributed by atoms with Crippen LogP contribution in [-0.4, -0.2) is 35.7 Å². The summed E-state index contributed by atoms with van der Waals surface area (Å²) in [6, 6.07) is 6.49. The second kappa shape index (κ2) is 6.65. The fourth-order valence-electron chi connectivity index (χ4n) is 2.13. The molecule has 1 aromatic carbocycles. The van der Waals surface area contributed by atoms with E-state index in [4.69, 9.17) is 5.11 Å². The van der Waals surface area contributed by atoms with Crippen LogP contribution in [0.5, 0.6) is 5.75 Å². The smallest absolute Gasteiger partial charge is 0.387 e. The summed E-state index contributed by atoms with van der Waals surface area (Å²) in [7, 11) is 0. The quantitative estimate of drug-likeness (QED) is 0.797. The Labute approximate surface area is 116 Å². The van der Waals surface area contributed by atoms with Crippen LogP contribution in [-0.2, 0) is 11.3 Å². The largest absolute Gasteiger partial charge is 0.480 e.